The van der Waals surface area contributed by atoms with E-state index in [2.05, 4.69) is 5.32 Å². The van der Waals surface area contributed by atoms with E-state index in [0.717, 1.165) is 0 Å². The molecule has 0 radical (unpaired) electrons. The highest BCUT2D eigenvalue weighted by Gasteiger charge is 2.05. The maximum absolute atomic E-state index is 11.3. The van der Waals surface area contributed by atoms with Gasteiger partial charge in [0.2, 0.25) is 0 Å². The van der Waals surface area contributed by atoms with E-state index in [1.165, 1.54) is 0 Å². The quantitative estimate of drug-likeness (QED) is 0.699. The van der Waals surface area contributed by atoms with E-state index in [4.69, 9.17) is 15.1 Å². The SMILES string of the molecule is N#Cc1ccccc1OCC(=O)NCCCO. The average molecular weight is 234 g/mol. The molecule has 0 fully saturated rings. The van der Waals surface area contributed by atoms with E-state index in [0.29, 0.717) is 24.3 Å². The fourth-order valence-corrected chi connectivity index (χ4v) is 1.19. The van der Waals surface area contributed by atoms with Gasteiger partial charge in [0.1, 0.15) is 11.8 Å². The number of rotatable bonds is 6. The summed E-state index contributed by atoms with van der Waals surface area (Å²) in [4.78, 5) is 11.3. The highest BCUT2D eigenvalue weighted by molar-refractivity contribution is 5.77. The van der Waals surface area contributed by atoms with Crippen molar-refractivity contribution < 1.29 is 14.6 Å². The minimum atomic E-state index is -0.272. The van der Waals surface area contributed by atoms with Crippen molar-refractivity contribution in [3.63, 3.8) is 0 Å². The molecular formula is C12H14N2O3. The molecule has 1 rings (SSSR count). The molecule has 0 aromatic heterocycles. The third-order valence-electron chi connectivity index (χ3n) is 2.02. The lowest BCUT2D eigenvalue weighted by Crippen LogP contribution is -2.30. The first kappa shape index (κ1) is 13.0. The van der Waals surface area contributed by atoms with Crippen LogP contribution in [-0.4, -0.2) is 30.8 Å². The number of nitriles is 1. The third kappa shape index (κ3) is 4.53. The molecule has 1 aromatic carbocycles. The summed E-state index contributed by atoms with van der Waals surface area (Å²) in [6, 6.07) is 8.71. The smallest absolute Gasteiger partial charge is 0.257 e. The molecule has 90 valence electrons. The molecule has 0 atom stereocenters. The number of aliphatic hydroxyl groups is 1. The predicted molar refractivity (Wildman–Crippen MR) is 61.4 cm³/mol. The van der Waals surface area contributed by atoms with Crippen LogP contribution in [-0.2, 0) is 4.79 Å². The van der Waals surface area contributed by atoms with Gasteiger partial charge in [0.05, 0.1) is 5.56 Å². The average Bonchev–Trinajstić information content (AvgIpc) is 2.37. The number of nitrogens with one attached hydrogen (secondary N) is 1. The van der Waals surface area contributed by atoms with Crippen molar-refractivity contribution >= 4 is 5.91 Å². The summed E-state index contributed by atoms with van der Waals surface area (Å²) in [5, 5.41) is 19.9. The molecule has 1 amide bonds. The van der Waals surface area contributed by atoms with Crippen molar-refractivity contribution in [3.05, 3.63) is 29.8 Å². The van der Waals surface area contributed by atoms with Gasteiger partial charge in [-0.15, -0.1) is 0 Å². The summed E-state index contributed by atoms with van der Waals surface area (Å²) in [6.07, 6.45) is 0.514. The van der Waals surface area contributed by atoms with Crippen LogP contribution < -0.4 is 10.1 Å². The van der Waals surface area contributed by atoms with Gasteiger partial charge < -0.3 is 15.2 Å². The molecule has 17 heavy (non-hydrogen) atoms. The Balaban J connectivity index is 2.40. The number of aliphatic hydroxyl groups excluding tert-OH is 1. The van der Waals surface area contributed by atoms with Crippen LogP contribution in [0.4, 0.5) is 0 Å². The van der Waals surface area contributed by atoms with Crippen molar-refractivity contribution in [2.45, 2.75) is 6.42 Å². The Morgan fingerprint density at radius 1 is 1.47 bits per heavy atom. The highest BCUT2D eigenvalue weighted by Crippen LogP contribution is 2.15. The molecule has 0 saturated carbocycles. The van der Waals surface area contributed by atoms with Gasteiger partial charge in [-0.1, -0.05) is 12.1 Å². The van der Waals surface area contributed by atoms with Crippen LogP contribution >= 0.6 is 0 Å². The van der Waals surface area contributed by atoms with Crippen LogP contribution in [0, 0.1) is 11.3 Å². The third-order valence-corrected chi connectivity index (χ3v) is 2.02. The Labute approximate surface area is 99.6 Å². The van der Waals surface area contributed by atoms with Crippen molar-refractivity contribution in [2.75, 3.05) is 19.8 Å². The zero-order chi connectivity index (χ0) is 12.5. The number of amides is 1. The van der Waals surface area contributed by atoms with E-state index in [9.17, 15) is 4.79 Å². The minimum Gasteiger partial charge on any atom is -0.482 e. The monoisotopic (exact) mass is 234 g/mol. The zero-order valence-electron chi connectivity index (χ0n) is 9.35. The van der Waals surface area contributed by atoms with Crippen LogP contribution in [0.5, 0.6) is 5.75 Å². The van der Waals surface area contributed by atoms with Gasteiger partial charge in [0.15, 0.2) is 6.61 Å². The molecule has 0 aliphatic rings. The van der Waals surface area contributed by atoms with Crippen molar-refractivity contribution in [2.24, 2.45) is 0 Å². The molecule has 0 saturated heterocycles. The highest BCUT2D eigenvalue weighted by atomic mass is 16.5. The number of nitrogens with zero attached hydrogens (tertiary/aromatic N) is 1. The summed E-state index contributed by atoms with van der Waals surface area (Å²) in [5.74, 6) is 0.124. The second-order valence-corrected chi connectivity index (χ2v) is 3.32. The minimum absolute atomic E-state index is 0.0401. The number of carbonyl (C=O) groups is 1. The predicted octanol–water partition coefficient (Wildman–Crippen LogP) is 0.436. The van der Waals surface area contributed by atoms with Gasteiger partial charge in [0, 0.05) is 13.2 Å². The Morgan fingerprint density at radius 2 is 2.24 bits per heavy atom. The fourth-order valence-electron chi connectivity index (χ4n) is 1.19. The second-order valence-electron chi connectivity index (χ2n) is 3.32. The number of benzene rings is 1. The Morgan fingerprint density at radius 3 is 2.94 bits per heavy atom. The lowest BCUT2D eigenvalue weighted by molar-refractivity contribution is -0.123. The fraction of sp³-hybridized carbons (Fsp3) is 0.333. The molecular weight excluding hydrogens is 220 g/mol. The summed E-state index contributed by atoms with van der Waals surface area (Å²) in [6.45, 7) is 0.321. The molecule has 1 aromatic rings. The summed E-state index contributed by atoms with van der Waals surface area (Å²) in [5.41, 5.74) is 0.399. The largest absolute Gasteiger partial charge is 0.482 e. The van der Waals surface area contributed by atoms with E-state index in [1.807, 2.05) is 6.07 Å². The van der Waals surface area contributed by atoms with Crippen molar-refractivity contribution in [1.82, 2.24) is 5.32 Å². The van der Waals surface area contributed by atoms with E-state index in [-0.39, 0.29) is 19.1 Å². The Bertz CT molecular complexity index is 412. The molecule has 0 aliphatic heterocycles. The maximum atomic E-state index is 11.3. The Hall–Kier alpha value is -2.06. The van der Waals surface area contributed by atoms with Gasteiger partial charge >= 0.3 is 0 Å². The van der Waals surface area contributed by atoms with Crippen molar-refractivity contribution in [3.8, 4) is 11.8 Å². The molecule has 0 aliphatic carbocycles. The molecule has 5 nitrogen and oxygen atoms in total. The van der Waals surface area contributed by atoms with Gasteiger partial charge in [-0.2, -0.15) is 5.26 Å². The van der Waals surface area contributed by atoms with Crippen molar-refractivity contribution in [1.29, 1.82) is 5.26 Å². The van der Waals surface area contributed by atoms with Gasteiger partial charge in [-0.05, 0) is 18.6 Å². The van der Waals surface area contributed by atoms with Gasteiger partial charge in [-0.25, -0.2) is 0 Å². The molecule has 2 N–H and O–H groups in total. The number of hydrogen-bond acceptors (Lipinski definition) is 4. The topological polar surface area (TPSA) is 82.3 Å². The lowest BCUT2D eigenvalue weighted by Gasteiger charge is -2.07. The van der Waals surface area contributed by atoms with Gasteiger partial charge in [-0.3, -0.25) is 4.79 Å². The Kier molecular flexibility index (Phi) is 5.55. The summed E-state index contributed by atoms with van der Waals surface area (Å²) < 4.78 is 5.22. The molecule has 0 heterocycles. The molecule has 0 unspecified atom stereocenters. The van der Waals surface area contributed by atoms with E-state index >= 15 is 0 Å². The van der Waals surface area contributed by atoms with Crippen LogP contribution in [0.15, 0.2) is 24.3 Å². The molecule has 0 bridgehead atoms. The first-order valence-corrected chi connectivity index (χ1v) is 5.27. The normalized spacial score (nSPS) is 9.41. The van der Waals surface area contributed by atoms with Crippen LogP contribution in [0.2, 0.25) is 0 Å². The number of hydrogen-bond donors (Lipinski definition) is 2. The number of para-hydroxylation sites is 1. The standard InChI is InChI=1S/C12H14N2O3/c13-8-10-4-1-2-5-11(10)17-9-12(16)14-6-3-7-15/h1-2,4-5,15H,3,6-7,9H2,(H,14,16). The van der Waals surface area contributed by atoms with E-state index < -0.39 is 0 Å². The number of carbonyl (C=O) groups excluding carboxylic acids is 1. The second kappa shape index (κ2) is 7.25. The zero-order valence-corrected chi connectivity index (χ0v) is 9.35. The van der Waals surface area contributed by atoms with Crippen LogP contribution in [0.3, 0.4) is 0 Å². The summed E-state index contributed by atoms with van der Waals surface area (Å²) in [7, 11) is 0. The summed E-state index contributed by atoms with van der Waals surface area (Å²) >= 11 is 0. The molecule has 5 heteroatoms. The first-order chi connectivity index (χ1) is 8.27. The molecule has 0 spiro atoms. The van der Waals surface area contributed by atoms with Crippen LogP contribution in [0.25, 0.3) is 0 Å². The van der Waals surface area contributed by atoms with Crippen LogP contribution in [0.1, 0.15) is 12.0 Å². The first-order valence-electron chi connectivity index (χ1n) is 5.27. The van der Waals surface area contributed by atoms with Gasteiger partial charge in [0.25, 0.3) is 5.91 Å². The lowest BCUT2D eigenvalue weighted by atomic mass is 10.2. The van der Waals surface area contributed by atoms with E-state index in [1.54, 1.807) is 24.3 Å². The number of ether oxygens (including phenoxy) is 1. The maximum Gasteiger partial charge on any atom is 0.257 e.